The fraction of sp³-hybridized carbons (Fsp3) is 0.875. The summed E-state index contributed by atoms with van der Waals surface area (Å²) >= 11 is 1.60. The Bertz CT molecular complexity index is 73.4. The predicted molar refractivity (Wildman–Crippen MR) is 55.9 cm³/mol. The number of nitrogens with one attached hydrogen (secondary N) is 1. The van der Waals surface area contributed by atoms with Gasteiger partial charge in [-0.1, -0.05) is 34.6 Å². The predicted octanol–water partition coefficient (Wildman–Crippen LogP) is 2.91. The lowest BCUT2D eigenvalue weighted by atomic mass is 10.3. The molecule has 0 fully saturated rings. The van der Waals surface area contributed by atoms with E-state index in [0.717, 1.165) is 11.8 Å². The van der Waals surface area contributed by atoms with Crippen LogP contribution in [0.5, 0.6) is 0 Å². The molecule has 0 bridgehead atoms. The highest BCUT2D eigenvalue weighted by Gasteiger charge is 1.83. The van der Waals surface area contributed by atoms with Gasteiger partial charge < -0.3 is 4.72 Å². The molecule has 1 rings (SSSR count). The lowest BCUT2D eigenvalue weighted by Gasteiger charge is -1.79. The Hall–Kier alpha value is -0.180. The van der Waals surface area contributed by atoms with Crippen LogP contribution in [0.3, 0.4) is 0 Å². The van der Waals surface area contributed by atoms with Crippen LogP contribution in [0.1, 0.15) is 34.6 Å². The second-order valence-corrected chi connectivity index (χ2v) is 3.22. The van der Waals surface area contributed by atoms with E-state index in [4.69, 9.17) is 0 Å². The van der Waals surface area contributed by atoms with E-state index in [-0.39, 0.29) is 0 Å². The molecule has 68 valence electrons. The van der Waals surface area contributed by atoms with Gasteiger partial charge in [0.25, 0.3) is 0 Å². The monoisotopic (exact) mass is 176 g/mol. The lowest BCUT2D eigenvalue weighted by Crippen LogP contribution is -1.87. The van der Waals surface area contributed by atoms with E-state index in [0.29, 0.717) is 0 Å². The SMILES string of the molecule is C1=NCSN1.CC.CC(C)C. The zero-order valence-corrected chi connectivity index (χ0v) is 9.03. The highest BCUT2D eigenvalue weighted by Crippen LogP contribution is 1.94. The molecule has 1 aliphatic heterocycles. The first kappa shape index (κ1) is 13.4. The van der Waals surface area contributed by atoms with E-state index in [9.17, 15) is 0 Å². The number of rotatable bonds is 0. The van der Waals surface area contributed by atoms with Gasteiger partial charge in [0.05, 0.1) is 6.34 Å². The Balaban J connectivity index is 0. The molecule has 0 spiro atoms. The molecule has 3 heteroatoms. The first-order valence-electron chi connectivity index (χ1n) is 4.09. The fourth-order valence-corrected chi connectivity index (χ4v) is 0.559. The molecule has 0 aromatic carbocycles. The van der Waals surface area contributed by atoms with E-state index >= 15 is 0 Å². The van der Waals surface area contributed by atoms with Crippen molar-refractivity contribution in [2.24, 2.45) is 10.9 Å². The summed E-state index contributed by atoms with van der Waals surface area (Å²) in [6.07, 6.45) is 1.70. The van der Waals surface area contributed by atoms with Gasteiger partial charge in [0.15, 0.2) is 0 Å². The van der Waals surface area contributed by atoms with E-state index in [2.05, 4.69) is 30.5 Å². The van der Waals surface area contributed by atoms with Crippen molar-refractivity contribution in [3.8, 4) is 0 Å². The van der Waals surface area contributed by atoms with Gasteiger partial charge in [-0.25, -0.2) is 0 Å². The van der Waals surface area contributed by atoms with Crippen molar-refractivity contribution < 1.29 is 0 Å². The van der Waals surface area contributed by atoms with Crippen molar-refractivity contribution in [3.63, 3.8) is 0 Å². The normalized spacial score (nSPS) is 12.5. The summed E-state index contributed by atoms with van der Waals surface area (Å²) in [5, 5.41) is 0. The summed E-state index contributed by atoms with van der Waals surface area (Å²) in [4.78, 5) is 3.81. The van der Waals surface area contributed by atoms with Crippen molar-refractivity contribution in [1.29, 1.82) is 0 Å². The Morgan fingerprint density at radius 3 is 1.91 bits per heavy atom. The Morgan fingerprint density at radius 1 is 1.36 bits per heavy atom. The second kappa shape index (κ2) is 12.5. The number of hydrogen-bond acceptors (Lipinski definition) is 3. The van der Waals surface area contributed by atoms with Crippen LogP contribution < -0.4 is 4.72 Å². The zero-order valence-electron chi connectivity index (χ0n) is 8.22. The van der Waals surface area contributed by atoms with E-state index in [1.54, 1.807) is 18.3 Å². The first-order chi connectivity index (χ1) is 5.23. The molecular weight excluding hydrogens is 156 g/mol. The molecule has 11 heavy (non-hydrogen) atoms. The summed E-state index contributed by atoms with van der Waals surface area (Å²) < 4.78 is 2.85. The maximum atomic E-state index is 3.81. The van der Waals surface area contributed by atoms with Gasteiger partial charge in [-0.2, -0.15) is 0 Å². The van der Waals surface area contributed by atoms with Crippen molar-refractivity contribution in [2.75, 3.05) is 5.88 Å². The molecule has 0 saturated heterocycles. The first-order valence-corrected chi connectivity index (χ1v) is 5.07. The number of nitrogens with zero attached hydrogens (tertiary/aromatic N) is 1. The largest absolute Gasteiger partial charge is 0.319 e. The summed E-state index contributed by atoms with van der Waals surface area (Å²) in [6, 6.07) is 0. The maximum absolute atomic E-state index is 3.81. The van der Waals surface area contributed by atoms with Crippen LogP contribution in [0.2, 0.25) is 0 Å². The molecule has 1 heterocycles. The van der Waals surface area contributed by atoms with Crippen LogP contribution in [0.4, 0.5) is 0 Å². The van der Waals surface area contributed by atoms with Gasteiger partial charge in [0.1, 0.15) is 5.88 Å². The summed E-state index contributed by atoms with van der Waals surface area (Å²) in [7, 11) is 0. The molecule has 1 N–H and O–H groups in total. The van der Waals surface area contributed by atoms with Crippen LogP contribution in [-0.2, 0) is 0 Å². The van der Waals surface area contributed by atoms with Crippen LogP contribution >= 0.6 is 11.9 Å². The zero-order chi connectivity index (χ0) is 9.11. The second-order valence-electron chi connectivity index (χ2n) is 2.44. The van der Waals surface area contributed by atoms with Crippen LogP contribution in [0.15, 0.2) is 4.99 Å². The van der Waals surface area contributed by atoms with E-state index < -0.39 is 0 Å². The minimum Gasteiger partial charge on any atom is -0.319 e. The molecule has 0 saturated carbocycles. The lowest BCUT2D eigenvalue weighted by molar-refractivity contribution is 0.737. The minimum atomic E-state index is 0.833. The van der Waals surface area contributed by atoms with Gasteiger partial charge in [-0.3, -0.25) is 4.99 Å². The quantitative estimate of drug-likeness (QED) is 0.574. The standard InChI is InChI=1S/C4H10.C2H4N2S.C2H6/c1-4(2)3;1-3-2-5-4-1;1-2/h4H,1-3H3;1H,2H2,(H,3,4);1-2H3. The average molecular weight is 176 g/mol. The molecular formula is C8H20N2S. The molecule has 0 amide bonds. The van der Waals surface area contributed by atoms with Gasteiger partial charge in [-0.15, -0.1) is 0 Å². The molecule has 0 unspecified atom stereocenters. The summed E-state index contributed by atoms with van der Waals surface area (Å²) in [5.74, 6) is 1.71. The van der Waals surface area contributed by atoms with Crippen LogP contribution in [-0.4, -0.2) is 12.2 Å². The highest BCUT2D eigenvalue weighted by atomic mass is 32.2. The summed E-state index contributed by atoms with van der Waals surface area (Å²) in [6.45, 7) is 10.5. The third-order valence-corrected chi connectivity index (χ3v) is 0.917. The molecule has 2 nitrogen and oxygen atoms in total. The maximum Gasteiger partial charge on any atom is 0.106 e. The molecule has 1 aliphatic rings. The molecule has 0 aromatic rings. The van der Waals surface area contributed by atoms with E-state index in [1.807, 2.05) is 13.8 Å². The highest BCUT2D eigenvalue weighted by molar-refractivity contribution is 7.98. The molecule has 0 aliphatic carbocycles. The van der Waals surface area contributed by atoms with Gasteiger partial charge in [0.2, 0.25) is 0 Å². The van der Waals surface area contributed by atoms with Crippen molar-refractivity contribution in [3.05, 3.63) is 0 Å². The average Bonchev–Trinajstić information content (AvgIpc) is 2.44. The van der Waals surface area contributed by atoms with Crippen molar-refractivity contribution in [2.45, 2.75) is 34.6 Å². The Labute approximate surface area is 75.0 Å². The third-order valence-electron chi connectivity index (χ3n) is 0.366. The Morgan fingerprint density at radius 2 is 1.82 bits per heavy atom. The van der Waals surface area contributed by atoms with Crippen molar-refractivity contribution >= 4 is 18.3 Å². The van der Waals surface area contributed by atoms with Gasteiger partial charge in [0, 0.05) is 0 Å². The molecule has 0 atom stereocenters. The topological polar surface area (TPSA) is 24.4 Å². The Kier molecular flexibility index (Phi) is 15.2. The van der Waals surface area contributed by atoms with E-state index in [1.165, 1.54) is 0 Å². The smallest absolute Gasteiger partial charge is 0.106 e. The van der Waals surface area contributed by atoms with Gasteiger partial charge in [-0.05, 0) is 17.9 Å². The molecule has 0 radical (unpaired) electrons. The van der Waals surface area contributed by atoms with Crippen molar-refractivity contribution in [1.82, 2.24) is 4.72 Å². The molecule has 0 aromatic heterocycles. The number of aliphatic imine (C=N–C) groups is 1. The van der Waals surface area contributed by atoms with Gasteiger partial charge >= 0.3 is 0 Å². The van der Waals surface area contributed by atoms with Crippen LogP contribution in [0.25, 0.3) is 0 Å². The fourth-order valence-electron chi connectivity index (χ4n) is 0.186. The van der Waals surface area contributed by atoms with Crippen LogP contribution in [0, 0.1) is 5.92 Å². The minimum absolute atomic E-state index is 0.833. The summed E-state index contributed by atoms with van der Waals surface area (Å²) in [5.41, 5.74) is 0. The number of hydrogen-bond donors (Lipinski definition) is 1. The third kappa shape index (κ3) is 25.8.